The molecule has 1 aliphatic rings. The first-order valence-corrected chi connectivity index (χ1v) is 10.2. The van der Waals surface area contributed by atoms with Gasteiger partial charge in [0.15, 0.2) is 0 Å². The number of hydrogen-bond donors (Lipinski definition) is 3. The largest absolute Gasteiger partial charge is 0.481 e. The van der Waals surface area contributed by atoms with Crippen molar-refractivity contribution in [1.82, 2.24) is 10.6 Å². The van der Waals surface area contributed by atoms with Crippen LogP contribution < -0.4 is 10.6 Å². The van der Waals surface area contributed by atoms with Crippen LogP contribution in [0.15, 0.2) is 42.5 Å². The number of rotatable bonds is 8. The van der Waals surface area contributed by atoms with Crippen molar-refractivity contribution in [3.63, 3.8) is 0 Å². The maximum Gasteiger partial charge on any atom is 0.305 e. The fraction of sp³-hybridized carbons (Fsp3) is 0.435. The first kappa shape index (κ1) is 20.8. The smallest absolute Gasteiger partial charge is 0.305 e. The Labute approximate surface area is 170 Å². The minimum absolute atomic E-state index is 0.0133. The number of fused-ring (bicyclic) bond motifs is 1. The van der Waals surface area contributed by atoms with E-state index in [4.69, 9.17) is 0 Å². The summed E-state index contributed by atoms with van der Waals surface area (Å²) in [4.78, 5) is 36.1. The molecule has 0 aliphatic heterocycles. The summed E-state index contributed by atoms with van der Waals surface area (Å²) in [5.41, 5.74) is 0.752. The van der Waals surface area contributed by atoms with Crippen LogP contribution in [0.25, 0.3) is 10.8 Å². The van der Waals surface area contributed by atoms with Crippen LogP contribution in [0.4, 0.5) is 0 Å². The molecule has 0 spiro atoms. The third kappa shape index (κ3) is 5.79. The number of carboxylic acid groups (broad SMARTS) is 1. The lowest BCUT2D eigenvalue weighted by molar-refractivity contribution is -0.137. The maximum absolute atomic E-state index is 12.5. The van der Waals surface area contributed by atoms with E-state index in [2.05, 4.69) is 10.6 Å². The van der Waals surface area contributed by atoms with Crippen molar-refractivity contribution in [2.45, 2.75) is 57.5 Å². The van der Waals surface area contributed by atoms with E-state index >= 15 is 0 Å². The molecule has 0 bridgehead atoms. The predicted octanol–water partition coefficient (Wildman–Crippen LogP) is 3.56. The third-order valence-electron chi connectivity index (χ3n) is 5.50. The molecule has 1 aliphatic carbocycles. The van der Waals surface area contributed by atoms with Crippen LogP contribution >= 0.6 is 0 Å². The Morgan fingerprint density at radius 2 is 1.69 bits per heavy atom. The molecule has 3 N–H and O–H groups in total. The van der Waals surface area contributed by atoms with Crippen LogP contribution in [0, 0.1) is 5.92 Å². The summed E-state index contributed by atoms with van der Waals surface area (Å²) < 4.78 is 0. The van der Waals surface area contributed by atoms with Crippen LogP contribution in [-0.2, 0) is 14.4 Å². The lowest BCUT2D eigenvalue weighted by atomic mass is 9.99. The second-order valence-corrected chi connectivity index (χ2v) is 7.92. The van der Waals surface area contributed by atoms with Crippen molar-refractivity contribution >= 4 is 28.6 Å². The molecule has 154 valence electrons. The Morgan fingerprint density at radius 3 is 2.38 bits per heavy atom. The monoisotopic (exact) mass is 396 g/mol. The van der Waals surface area contributed by atoms with Crippen molar-refractivity contribution < 1.29 is 19.5 Å². The highest BCUT2D eigenvalue weighted by atomic mass is 16.4. The van der Waals surface area contributed by atoms with E-state index in [0.29, 0.717) is 0 Å². The Kier molecular flexibility index (Phi) is 6.86. The van der Waals surface area contributed by atoms with E-state index in [1.165, 1.54) is 0 Å². The van der Waals surface area contributed by atoms with Crippen LogP contribution in [0.2, 0.25) is 0 Å². The minimum atomic E-state index is -0.981. The first-order chi connectivity index (χ1) is 13.9. The molecule has 0 heterocycles. The molecule has 0 aromatic heterocycles. The highest BCUT2D eigenvalue weighted by Crippen LogP contribution is 2.25. The molecule has 1 unspecified atom stereocenters. The maximum atomic E-state index is 12.5. The number of carbonyl (C=O) groups is 3. The zero-order valence-electron chi connectivity index (χ0n) is 16.7. The highest BCUT2D eigenvalue weighted by molar-refractivity contribution is 5.84. The van der Waals surface area contributed by atoms with Crippen LogP contribution in [0.5, 0.6) is 0 Å². The van der Waals surface area contributed by atoms with Gasteiger partial charge in [-0.25, -0.2) is 0 Å². The topological polar surface area (TPSA) is 95.5 Å². The van der Waals surface area contributed by atoms with Gasteiger partial charge in [0.2, 0.25) is 11.8 Å². The molecule has 1 saturated carbocycles. The summed E-state index contributed by atoms with van der Waals surface area (Å²) in [5, 5.41) is 17.1. The van der Waals surface area contributed by atoms with Gasteiger partial charge < -0.3 is 15.7 Å². The zero-order chi connectivity index (χ0) is 20.8. The number of hydrogen-bond acceptors (Lipinski definition) is 3. The number of amides is 2. The predicted molar refractivity (Wildman–Crippen MR) is 111 cm³/mol. The van der Waals surface area contributed by atoms with Gasteiger partial charge in [-0.15, -0.1) is 0 Å². The number of carboxylic acids is 1. The summed E-state index contributed by atoms with van der Waals surface area (Å²) >= 11 is 0. The normalized spacial score (nSPS) is 16.3. The number of carbonyl (C=O) groups excluding carboxylic acids is 2. The lowest BCUT2D eigenvalue weighted by Crippen LogP contribution is -2.40. The van der Waals surface area contributed by atoms with E-state index < -0.39 is 12.0 Å². The summed E-state index contributed by atoms with van der Waals surface area (Å²) in [6, 6.07) is 12.6. The Bertz CT molecular complexity index is 889. The van der Waals surface area contributed by atoms with E-state index in [9.17, 15) is 19.5 Å². The van der Waals surface area contributed by atoms with Crippen LogP contribution in [-0.4, -0.2) is 28.9 Å². The molecule has 2 aromatic carbocycles. The fourth-order valence-corrected chi connectivity index (χ4v) is 3.98. The zero-order valence-corrected chi connectivity index (χ0v) is 16.7. The quantitative estimate of drug-likeness (QED) is 0.636. The van der Waals surface area contributed by atoms with Gasteiger partial charge >= 0.3 is 5.97 Å². The van der Waals surface area contributed by atoms with E-state index in [1.54, 1.807) is 6.92 Å². The average Bonchev–Trinajstić information content (AvgIpc) is 3.21. The van der Waals surface area contributed by atoms with Gasteiger partial charge in [-0.05, 0) is 42.2 Å². The Hall–Kier alpha value is -2.89. The fourth-order valence-electron chi connectivity index (χ4n) is 3.98. The molecule has 6 heteroatoms. The summed E-state index contributed by atoms with van der Waals surface area (Å²) in [6.45, 7) is 1.80. The molecular formula is C23H28N2O4. The van der Waals surface area contributed by atoms with E-state index in [1.807, 2.05) is 42.5 Å². The van der Waals surface area contributed by atoms with Crippen molar-refractivity contribution in [1.29, 1.82) is 0 Å². The first-order valence-electron chi connectivity index (χ1n) is 10.2. The molecule has 2 atom stereocenters. The lowest BCUT2D eigenvalue weighted by Gasteiger charge is -2.21. The van der Waals surface area contributed by atoms with Crippen molar-refractivity contribution in [2.75, 3.05) is 0 Å². The molecule has 29 heavy (non-hydrogen) atoms. The average molecular weight is 396 g/mol. The minimum Gasteiger partial charge on any atom is -0.481 e. The van der Waals surface area contributed by atoms with Gasteiger partial charge in [-0.2, -0.15) is 0 Å². The molecular weight excluding hydrogens is 368 g/mol. The van der Waals surface area contributed by atoms with Gasteiger partial charge in [0.1, 0.15) is 0 Å². The molecule has 2 amide bonds. The summed E-state index contributed by atoms with van der Waals surface area (Å²) in [7, 11) is 0. The molecule has 6 nitrogen and oxygen atoms in total. The van der Waals surface area contributed by atoms with E-state index in [-0.39, 0.29) is 36.6 Å². The number of benzene rings is 2. The molecule has 3 rings (SSSR count). The Balaban J connectivity index is 1.63. The van der Waals surface area contributed by atoms with Crippen molar-refractivity contribution in [2.24, 2.45) is 5.92 Å². The second-order valence-electron chi connectivity index (χ2n) is 7.92. The SMILES string of the molecule is CC(CC(=O)N[C@@H](CC(=O)O)c1ccc2ccccc2c1)NC(=O)C1CCCC1. The number of nitrogens with one attached hydrogen (secondary N) is 2. The summed E-state index contributed by atoms with van der Waals surface area (Å²) in [6.07, 6.45) is 3.89. The highest BCUT2D eigenvalue weighted by Gasteiger charge is 2.25. The van der Waals surface area contributed by atoms with Crippen LogP contribution in [0.3, 0.4) is 0 Å². The van der Waals surface area contributed by atoms with Gasteiger partial charge in [0.25, 0.3) is 0 Å². The second kappa shape index (κ2) is 9.54. The molecule has 0 radical (unpaired) electrons. The van der Waals surface area contributed by atoms with Gasteiger partial charge in [-0.3, -0.25) is 14.4 Å². The summed E-state index contributed by atoms with van der Waals surface area (Å²) in [5.74, 6) is -1.19. The molecule has 2 aromatic rings. The van der Waals surface area contributed by atoms with Crippen molar-refractivity contribution in [3.05, 3.63) is 48.0 Å². The van der Waals surface area contributed by atoms with Gasteiger partial charge in [0, 0.05) is 18.4 Å². The van der Waals surface area contributed by atoms with E-state index in [0.717, 1.165) is 42.0 Å². The molecule has 1 fully saturated rings. The molecule has 0 saturated heterocycles. The van der Waals surface area contributed by atoms with Crippen molar-refractivity contribution in [3.8, 4) is 0 Å². The standard InChI is InChI=1S/C23H28N2O4/c1-15(24-23(29)17-7-3-4-8-17)12-21(26)25-20(14-22(27)28)19-11-10-16-6-2-5-9-18(16)13-19/h2,5-6,9-11,13,15,17,20H,3-4,7-8,12,14H2,1H3,(H,24,29)(H,25,26)(H,27,28)/t15?,20-/m0/s1. The van der Waals surface area contributed by atoms with Gasteiger partial charge in [0.05, 0.1) is 12.5 Å². The van der Waals surface area contributed by atoms with Gasteiger partial charge in [-0.1, -0.05) is 49.2 Å². The third-order valence-corrected chi connectivity index (χ3v) is 5.50. The number of aliphatic carboxylic acids is 1. The van der Waals surface area contributed by atoms with Crippen LogP contribution in [0.1, 0.15) is 57.1 Å². The Morgan fingerprint density at radius 1 is 1.00 bits per heavy atom.